The van der Waals surface area contributed by atoms with Crippen molar-refractivity contribution in [3.8, 4) is 11.5 Å². The predicted molar refractivity (Wildman–Crippen MR) is 120 cm³/mol. The average molecular weight is 429 g/mol. The molecule has 2 aromatic heterocycles. The summed E-state index contributed by atoms with van der Waals surface area (Å²) in [6.45, 7) is 11.8. The number of nitrogens with one attached hydrogen (secondary N) is 1. The Hall–Kier alpha value is -2.81. The highest BCUT2D eigenvalue weighted by Gasteiger charge is 2.21. The molecule has 1 amide bonds. The fourth-order valence-corrected chi connectivity index (χ4v) is 3.85. The molecular formula is C21H28N6O2S. The number of aromatic nitrogens is 4. The summed E-state index contributed by atoms with van der Waals surface area (Å²) in [5.74, 6) is 0.303. The van der Waals surface area contributed by atoms with Crippen molar-refractivity contribution in [2.75, 3.05) is 23.3 Å². The predicted octanol–water partition coefficient (Wildman–Crippen LogP) is 4.05. The highest BCUT2D eigenvalue weighted by molar-refractivity contribution is 8.00. The van der Waals surface area contributed by atoms with E-state index in [1.54, 1.807) is 4.68 Å². The van der Waals surface area contributed by atoms with E-state index in [4.69, 9.17) is 4.42 Å². The molecule has 9 heteroatoms. The third-order valence-corrected chi connectivity index (χ3v) is 5.99. The Morgan fingerprint density at radius 1 is 1.20 bits per heavy atom. The van der Waals surface area contributed by atoms with Crippen LogP contribution in [0.5, 0.6) is 0 Å². The van der Waals surface area contributed by atoms with E-state index in [1.165, 1.54) is 11.8 Å². The molecule has 3 rings (SSSR count). The third-order valence-electron chi connectivity index (χ3n) is 5.05. The highest BCUT2D eigenvalue weighted by Crippen LogP contribution is 2.28. The number of hydrogen-bond acceptors (Lipinski definition) is 7. The number of rotatable bonds is 8. The Kier molecular flexibility index (Phi) is 6.81. The standard InChI is InChI=1S/C21H28N6O2S/c1-7-27(8-2)17-11-9-16(10-12-17)20-23-24-21(29-20)30-15(5)19(28)22-18-13(3)25-26(6)14(18)4/h9-12,15H,7-8H2,1-6H3,(H,22,28)/t15-/m1/s1. The van der Waals surface area contributed by atoms with E-state index in [2.05, 4.69) is 39.4 Å². The van der Waals surface area contributed by atoms with Crippen LogP contribution in [-0.2, 0) is 11.8 Å². The number of anilines is 2. The van der Waals surface area contributed by atoms with Crippen molar-refractivity contribution in [3.05, 3.63) is 35.7 Å². The van der Waals surface area contributed by atoms with Crippen LogP contribution in [0.1, 0.15) is 32.2 Å². The van der Waals surface area contributed by atoms with Gasteiger partial charge in [0.25, 0.3) is 5.22 Å². The van der Waals surface area contributed by atoms with E-state index in [1.807, 2.05) is 52.1 Å². The topological polar surface area (TPSA) is 89.1 Å². The fourth-order valence-electron chi connectivity index (χ4n) is 3.16. The molecule has 0 aliphatic rings. The summed E-state index contributed by atoms with van der Waals surface area (Å²) >= 11 is 1.23. The Morgan fingerprint density at radius 2 is 1.87 bits per heavy atom. The van der Waals surface area contributed by atoms with Gasteiger partial charge in [-0.2, -0.15) is 5.10 Å². The van der Waals surface area contributed by atoms with Gasteiger partial charge in [0.05, 0.1) is 22.3 Å². The number of benzene rings is 1. The summed E-state index contributed by atoms with van der Waals surface area (Å²) < 4.78 is 7.52. The molecule has 1 N–H and O–H groups in total. The van der Waals surface area contributed by atoms with Gasteiger partial charge in [0.15, 0.2) is 0 Å². The summed E-state index contributed by atoms with van der Waals surface area (Å²) in [6, 6.07) is 8.04. The lowest BCUT2D eigenvalue weighted by atomic mass is 10.2. The number of carbonyl (C=O) groups excluding carboxylic acids is 1. The maximum atomic E-state index is 12.6. The molecule has 2 heterocycles. The first kappa shape index (κ1) is 21.9. The van der Waals surface area contributed by atoms with E-state index < -0.39 is 5.25 Å². The molecule has 0 fully saturated rings. The van der Waals surface area contributed by atoms with Crippen LogP contribution < -0.4 is 10.2 Å². The Balaban J connectivity index is 1.65. The van der Waals surface area contributed by atoms with Crippen LogP contribution in [0.3, 0.4) is 0 Å². The molecule has 8 nitrogen and oxygen atoms in total. The molecule has 0 saturated heterocycles. The smallest absolute Gasteiger partial charge is 0.277 e. The van der Waals surface area contributed by atoms with Crippen LogP contribution in [-0.4, -0.2) is 44.2 Å². The van der Waals surface area contributed by atoms with Gasteiger partial charge in [-0.15, -0.1) is 10.2 Å². The highest BCUT2D eigenvalue weighted by atomic mass is 32.2. The number of hydrogen-bond donors (Lipinski definition) is 1. The maximum Gasteiger partial charge on any atom is 0.277 e. The molecule has 0 aliphatic heterocycles. The van der Waals surface area contributed by atoms with Gasteiger partial charge in [-0.3, -0.25) is 9.48 Å². The second kappa shape index (κ2) is 9.34. The molecule has 1 atom stereocenters. The van der Waals surface area contributed by atoms with Crippen LogP contribution in [0.4, 0.5) is 11.4 Å². The molecule has 160 valence electrons. The lowest BCUT2D eigenvalue weighted by Gasteiger charge is -2.20. The van der Waals surface area contributed by atoms with Gasteiger partial charge in [0, 0.05) is 31.4 Å². The van der Waals surface area contributed by atoms with Crippen molar-refractivity contribution in [2.45, 2.75) is 45.1 Å². The third kappa shape index (κ3) is 4.67. The van der Waals surface area contributed by atoms with E-state index in [0.717, 1.165) is 41.4 Å². The number of carbonyl (C=O) groups is 1. The zero-order valence-corrected chi connectivity index (χ0v) is 19.1. The van der Waals surface area contributed by atoms with Crippen LogP contribution in [0, 0.1) is 13.8 Å². The van der Waals surface area contributed by atoms with Crippen LogP contribution in [0.2, 0.25) is 0 Å². The quantitative estimate of drug-likeness (QED) is 0.541. The second-order valence-electron chi connectivity index (χ2n) is 7.01. The minimum absolute atomic E-state index is 0.137. The molecule has 0 aliphatic carbocycles. The minimum Gasteiger partial charge on any atom is -0.411 e. The van der Waals surface area contributed by atoms with Crippen molar-refractivity contribution in [1.29, 1.82) is 0 Å². The molecule has 1 aromatic carbocycles. The zero-order valence-electron chi connectivity index (χ0n) is 18.3. The van der Waals surface area contributed by atoms with Gasteiger partial charge in [-0.1, -0.05) is 11.8 Å². The SMILES string of the molecule is CCN(CC)c1ccc(-c2nnc(S[C@H](C)C(=O)Nc3c(C)nn(C)c3C)o2)cc1. The lowest BCUT2D eigenvalue weighted by Crippen LogP contribution is -2.23. The second-order valence-corrected chi connectivity index (χ2v) is 8.30. The van der Waals surface area contributed by atoms with Crippen molar-refractivity contribution in [3.63, 3.8) is 0 Å². The summed E-state index contributed by atoms with van der Waals surface area (Å²) in [4.78, 5) is 14.9. The van der Waals surface area contributed by atoms with E-state index in [0.29, 0.717) is 11.1 Å². The average Bonchev–Trinajstić information content (AvgIpc) is 3.29. The number of amides is 1. The fraction of sp³-hybridized carbons (Fsp3) is 0.429. The van der Waals surface area contributed by atoms with Gasteiger partial charge in [0.2, 0.25) is 11.8 Å². The first-order chi connectivity index (χ1) is 14.3. The molecule has 0 saturated carbocycles. The van der Waals surface area contributed by atoms with Gasteiger partial charge >= 0.3 is 0 Å². The van der Waals surface area contributed by atoms with Crippen molar-refractivity contribution in [1.82, 2.24) is 20.0 Å². The monoisotopic (exact) mass is 428 g/mol. The molecule has 30 heavy (non-hydrogen) atoms. The maximum absolute atomic E-state index is 12.6. The van der Waals surface area contributed by atoms with Gasteiger partial charge in [-0.25, -0.2) is 0 Å². The first-order valence-corrected chi connectivity index (χ1v) is 10.9. The summed E-state index contributed by atoms with van der Waals surface area (Å²) in [7, 11) is 1.85. The van der Waals surface area contributed by atoms with E-state index in [9.17, 15) is 4.79 Å². The molecule has 3 aromatic rings. The molecule has 0 unspecified atom stereocenters. The van der Waals surface area contributed by atoms with Crippen molar-refractivity contribution < 1.29 is 9.21 Å². The normalized spacial score (nSPS) is 12.1. The van der Waals surface area contributed by atoms with Crippen molar-refractivity contribution in [2.24, 2.45) is 7.05 Å². The first-order valence-electron chi connectivity index (χ1n) is 10.0. The Labute approximate surface area is 181 Å². The van der Waals surface area contributed by atoms with Gasteiger partial charge in [-0.05, 0) is 58.9 Å². The molecular weight excluding hydrogens is 400 g/mol. The minimum atomic E-state index is -0.401. The summed E-state index contributed by atoms with van der Waals surface area (Å²) in [6.07, 6.45) is 0. The van der Waals surface area contributed by atoms with Gasteiger partial charge in [0.1, 0.15) is 0 Å². The lowest BCUT2D eigenvalue weighted by molar-refractivity contribution is -0.115. The van der Waals surface area contributed by atoms with Crippen molar-refractivity contribution >= 4 is 29.0 Å². The Morgan fingerprint density at radius 3 is 2.43 bits per heavy atom. The Bertz CT molecular complexity index is 1010. The van der Waals surface area contributed by atoms with Crippen LogP contribution >= 0.6 is 11.8 Å². The van der Waals surface area contributed by atoms with Crippen LogP contribution in [0.15, 0.2) is 33.9 Å². The molecule has 0 radical (unpaired) electrons. The van der Waals surface area contributed by atoms with E-state index in [-0.39, 0.29) is 5.91 Å². The largest absolute Gasteiger partial charge is 0.411 e. The van der Waals surface area contributed by atoms with Crippen LogP contribution in [0.25, 0.3) is 11.5 Å². The molecule has 0 bridgehead atoms. The van der Waals surface area contributed by atoms with Gasteiger partial charge < -0.3 is 14.6 Å². The molecule has 0 spiro atoms. The zero-order chi connectivity index (χ0) is 21.8. The number of aryl methyl sites for hydroxylation is 2. The number of thioether (sulfide) groups is 1. The summed E-state index contributed by atoms with van der Waals surface area (Å²) in [5, 5.41) is 15.5. The summed E-state index contributed by atoms with van der Waals surface area (Å²) in [5.41, 5.74) is 4.45. The van der Waals surface area contributed by atoms with E-state index >= 15 is 0 Å². The number of nitrogens with zero attached hydrogens (tertiary/aromatic N) is 5.